The monoisotopic (exact) mass is 359 g/mol. The minimum Gasteiger partial charge on any atom is -0.464 e. The minimum atomic E-state index is -0.690. The number of benzene rings is 1. The highest BCUT2D eigenvalue weighted by Crippen LogP contribution is 2.39. The second-order valence-corrected chi connectivity index (χ2v) is 6.72. The number of rotatable bonds is 6. The van der Waals surface area contributed by atoms with Gasteiger partial charge in [-0.05, 0) is 60.3 Å². The number of halogens is 2. The first kappa shape index (κ1) is 15.6. The van der Waals surface area contributed by atoms with E-state index in [0.29, 0.717) is 17.5 Å². The molecule has 0 radical (unpaired) electrons. The van der Waals surface area contributed by atoms with Gasteiger partial charge in [0.15, 0.2) is 0 Å². The molecule has 1 N–H and O–H groups in total. The molecule has 1 unspecified atom stereocenters. The van der Waals surface area contributed by atoms with Crippen LogP contribution in [0.1, 0.15) is 33.1 Å². The molecule has 2 rings (SSSR count). The highest BCUT2D eigenvalue weighted by Gasteiger charge is 2.40. The molecule has 20 heavy (non-hydrogen) atoms. The van der Waals surface area contributed by atoms with Crippen LogP contribution < -0.4 is 5.32 Å². The maximum absolute atomic E-state index is 12.3. The van der Waals surface area contributed by atoms with Crippen LogP contribution in [0.15, 0.2) is 22.7 Å². The van der Waals surface area contributed by atoms with Crippen LogP contribution in [0.4, 0.5) is 5.69 Å². The van der Waals surface area contributed by atoms with E-state index in [4.69, 9.17) is 16.3 Å². The fourth-order valence-electron chi connectivity index (χ4n) is 2.27. The Hall–Kier alpha value is -0.740. The molecule has 110 valence electrons. The van der Waals surface area contributed by atoms with Gasteiger partial charge in [0.2, 0.25) is 0 Å². The molecule has 1 aromatic rings. The van der Waals surface area contributed by atoms with Crippen molar-refractivity contribution in [1.82, 2.24) is 0 Å². The highest BCUT2D eigenvalue weighted by atomic mass is 79.9. The summed E-state index contributed by atoms with van der Waals surface area (Å²) < 4.78 is 6.03. The van der Waals surface area contributed by atoms with Gasteiger partial charge in [-0.15, -0.1) is 0 Å². The first-order valence-electron chi connectivity index (χ1n) is 6.85. The summed E-state index contributed by atoms with van der Waals surface area (Å²) >= 11 is 9.39. The van der Waals surface area contributed by atoms with Gasteiger partial charge in [-0.1, -0.05) is 24.4 Å². The van der Waals surface area contributed by atoms with E-state index < -0.39 is 5.54 Å². The van der Waals surface area contributed by atoms with E-state index in [9.17, 15) is 4.79 Å². The molecule has 1 aliphatic rings. The third kappa shape index (κ3) is 3.89. The number of carbonyl (C=O) groups excluding carboxylic acids is 1. The molecule has 1 fully saturated rings. The van der Waals surface area contributed by atoms with Crippen LogP contribution in [0.5, 0.6) is 0 Å². The number of nitrogens with one attached hydrogen (secondary N) is 1. The molecule has 0 aliphatic heterocycles. The van der Waals surface area contributed by atoms with Gasteiger partial charge in [-0.25, -0.2) is 4.79 Å². The fraction of sp³-hybridized carbons (Fsp3) is 0.533. The van der Waals surface area contributed by atoms with E-state index in [-0.39, 0.29) is 5.97 Å². The van der Waals surface area contributed by atoms with Gasteiger partial charge in [-0.2, -0.15) is 0 Å². The highest BCUT2D eigenvalue weighted by molar-refractivity contribution is 9.10. The van der Waals surface area contributed by atoms with Crippen molar-refractivity contribution in [2.24, 2.45) is 5.92 Å². The number of esters is 1. The van der Waals surface area contributed by atoms with Crippen molar-refractivity contribution in [3.05, 3.63) is 27.7 Å². The second kappa shape index (κ2) is 6.35. The molecule has 0 aromatic heterocycles. The van der Waals surface area contributed by atoms with Crippen molar-refractivity contribution < 1.29 is 9.53 Å². The summed E-state index contributed by atoms with van der Waals surface area (Å²) in [5, 5.41) is 3.96. The molecule has 3 nitrogen and oxygen atoms in total. The lowest BCUT2D eigenvalue weighted by Gasteiger charge is -2.29. The van der Waals surface area contributed by atoms with Gasteiger partial charge < -0.3 is 10.1 Å². The number of ether oxygens (including phenoxy) is 1. The molecular weight excluding hydrogens is 342 g/mol. The average Bonchev–Trinajstić information content (AvgIpc) is 3.18. The van der Waals surface area contributed by atoms with E-state index in [1.807, 2.05) is 26.0 Å². The van der Waals surface area contributed by atoms with Crippen LogP contribution in [0.2, 0.25) is 5.02 Å². The Morgan fingerprint density at radius 3 is 2.80 bits per heavy atom. The molecule has 0 heterocycles. The van der Waals surface area contributed by atoms with Crippen LogP contribution in [-0.2, 0) is 9.53 Å². The van der Waals surface area contributed by atoms with E-state index >= 15 is 0 Å². The summed E-state index contributed by atoms with van der Waals surface area (Å²) in [7, 11) is 0. The zero-order chi connectivity index (χ0) is 14.8. The summed E-state index contributed by atoms with van der Waals surface area (Å²) in [5.41, 5.74) is 0.169. The van der Waals surface area contributed by atoms with Gasteiger partial charge in [0.1, 0.15) is 5.54 Å². The van der Waals surface area contributed by atoms with Crippen LogP contribution in [0.25, 0.3) is 0 Å². The van der Waals surface area contributed by atoms with Gasteiger partial charge in [0.25, 0.3) is 0 Å². The Kier molecular flexibility index (Phi) is 4.97. The summed E-state index contributed by atoms with van der Waals surface area (Å²) in [5.74, 6) is 0.422. The predicted molar refractivity (Wildman–Crippen MR) is 85.2 cm³/mol. The second-order valence-electron chi connectivity index (χ2n) is 5.45. The van der Waals surface area contributed by atoms with Crippen molar-refractivity contribution in [2.75, 3.05) is 11.9 Å². The van der Waals surface area contributed by atoms with Crippen molar-refractivity contribution >= 4 is 39.2 Å². The SMILES string of the molecule is CCOC(=O)C(C)(CC1CC1)Nc1ccc(Cl)c(Br)c1. The number of anilines is 1. The molecule has 0 saturated heterocycles. The van der Waals surface area contributed by atoms with Crippen molar-refractivity contribution in [3.8, 4) is 0 Å². The van der Waals surface area contributed by atoms with Gasteiger partial charge in [-0.3, -0.25) is 0 Å². The molecule has 0 bridgehead atoms. The lowest BCUT2D eigenvalue weighted by Crippen LogP contribution is -2.45. The molecule has 1 saturated carbocycles. The fourth-order valence-corrected chi connectivity index (χ4v) is 2.76. The van der Waals surface area contributed by atoms with Gasteiger partial charge >= 0.3 is 5.97 Å². The van der Waals surface area contributed by atoms with Gasteiger partial charge in [0, 0.05) is 10.2 Å². The third-order valence-electron chi connectivity index (χ3n) is 3.46. The zero-order valence-electron chi connectivity index (χ0n) is 11.7. The maximum atomic E-state index is 12.3. The zero-order valence-corrected chi connectivity index (χ0v) is 14.1. The van der Waals surface area contributed by atoms with Crippen LogP contribution in [-0.4, -0.2) is 18.1 Å². The summed E-state index contributed by atoms with van der Waals surface area (Å²) in [6, 6.07) is 5.56. The molecular formula is C15H19BrClNO2. The van der Waals surface area contributed by atoms with Crippen molar-refractivity contribution in [2.45, 2.75) is 38.6 Å². The maximum Gasteiger partial charge on any atom is 0.331 e. The Labute approximate surface area is 133 Å². The van der Waals surface area contributed by atoms with Gasteiger partial charge in [0.05, 0.1) is 11.6 Å². The molecule has 0 amide bonds. The summed E-state index contributed by atoms with van der Waals surface area (Å²) in [6.45, 7) is 4.13. The predicted octanol–water partition coefficient (Wildman–Crippen LogP) is 4.64. The first-order chi connectivity index (χ1) is 9.44. The summed E-state index contributed by atoms with van der Waals surface area (Å²) in [4.78, 5) is 12.3. The molecule has 5 heteroatoms. The van der Waals surface area contributed by atoms with Crippen molar-refractivity contribution in [3.63, 3.8) is 0 Å². The molecule has 1 atom stereocenters. The number of hydrogen-bond acceptors (Lipinski definition) is 3. The number of carbonyl (C=O) groups is 1. The van der Waals surface area contributed by atoms with Crippen LogP contribution >= 0.6 is 27.5 Å². The quantitative estimate of drug-likeness (QED) is 0.751. The smallest absolute Gasteiger partial charge is 0.331 e. The third-order valence-corrected chi connectivity index (χ3v) is 4.67. The first-order valence-corrected chi connectivity index (χ1v) is 8.02. The van der Waals surface area contributed by atoms with E-state index in [1.54, 1.807) is 6.07 Å². The lowest BCUT2D eigenvalue weighted by atomic mass is 9.94. The molecule has 1 aromatic carbocycles. The van der Waals surface area contributed by atoms with Crippen molar-refractivity contribution in [1.29, 1.82) is 0 Å². The Morgan fingerprint density at radius 1 is 1.55 bits per heavy atom. The Bertz CT molecular complexity index is 505. The van der Waals surface area contributed by atoms with E-state index in [1.165, 1.54) is 12.8 Å². The minimum absolute atomic E-state index is 0.196. The lowest BCUT2D eigenvalue weighted by molar-refractivity contribution is -0.148. The topological polar surface area (TPSA) is 38.3 Å². The van der Waals surface area contributed by atoms with Crippen LogP contribution in [0, 0.1) is 5.92 Å². The van der Waals surface area contributed by atoms with Crippen LogP contribution in [0.3, 0.4) is 0 Å². The largest absolute Gasteiger partial charge is 0.464 e. The summed E-state index contributed by atoms with van der Waals surface area (Å²) in [6.07, 6.45) is 3.19. The average molecular weight is 361 g/mol. The molecule has 1 aliphatic carbocycles. The Balaban J connectivity index is 2.17. The normalized spacial score (nSPS) is 17.4. The van der Waals surface area contributed by atoms with E-state index in [2.05, 4.69) is 21.2 Å². The molecule has 0 spiro atoms. The Morgan fingerprint density at radius 2 is 2.25 bits per heavy atom. The number of hydrogen-bond donors (Lipinski definition) is 1. The van der Waals surface area contributed by atoms with E-state index in [0.717, 1.165) is 16.6 Å². The standard InChI is InChI=1S/C15H19BrClNO2/c1-3-20-14(19)15(2,9-10-4-5-10)18-11-6-7-13(17)12(16)8-11/h6-8,10,18H,3-5,9H2,1-2H3.